The first kappa shape index (κ1) is 23.6. The fourth-order valence-corrected chi connectivity index (χ4v) is 3.45. The number of carbonyl (C=O) groups is 1. The molecule has 2 atom stereocenters. The molecule has 0 aliphatic rings. The summed E-state index contributed by atoms with van der Waals surface area (Å²) in [6.45, 7) is 13.3. The van der Waals surface area contributed by atoms with Crippen LogP contribution < -0.4 is 11.5 Å². The van der Waals surface area contributed by atoms with Crippen LogP contribution >= 0.6 is 0 Å². The minimum atomic E-state index is -0.456. The molecule has 5 N–H and O–H groups in total. The fraction of sp³-hybridized carbons (Fsp3) is 0.696. The van der Waals surface area contributed by atoms with Crippen LogP contribution in [0.5, 0.6) is 5.75 Å². The van der Waals surface area contributed by atoms with Crippen LogP contribution in [0, 0.1) is 5.41 Å². The average Bonchev–Trinajstić information content (AvgIpc) is 2.54. The van der Waals surface area contributed by atoms with Crippen LogP contribution in [0.4, 0.5) is 0 Å². The van der Waals surface area contributed by atoms with Crippen molar-refractivity contribution in [2.75, 3.05) is 6.54 Å². The molecule has 0 fully saturated rings. The number of carbonyl (C=O) groups excluding carboxylic acids is 1. The van der Waals surface area contributed by atoms with Gasteiger partial charge in [-0.15, -0.1) is 0 Å². The van der Waals surface area contributed by atoms with E-state index in [0.29, 0.717) is 13.0 Å². The first-order valence-electron chi connectivity index (χ1n) is 10.2. The maximum Gasteiger partial charge on any atom is 0.156 e. The topological polar surface area (TPSA) is 89.3 Å². The van der Waals surface area contributed by atoms with E-state index < -0.39 is 6.04 Å². The highest BCUT2D eigenvalue weighted by atomic mass is 16.3. The van der Waals surface area contributed by atoms with E-state index in [0.717, 1.165) is 36.8 Å². The Morgan fingerprint density at radius 1 is 1.07 bits per heavy atom. The third kappa shape index (κ3) is 7.63. The van der Waals surface area contributed by atoms with E-state index in [9.17, 15) is 9.90 Å². The maximum absolute atomic E-state index is 13.2. The lowest BCUT2D eigenvalue weighted by molar-refractivity contribution is -0.122. The molecule has 0 amide bonds. The lowest BCUT2D eigenvalue weighted by Gasteiger charge is -2.29. The van der Waals surface area contributed by atoms with Gasteiger partial charge in [-0.3, -0.25) is 4.79 Å². The summed E-state index contributed by atoms with van der Waals surface area (Å²) in [5.74, 6) is 0.124. The van der Waals surface area contributed by atoms with Crippen LogP contribution in [-0.2, 0) is 10.2 Å². The number of Topliss-reactive ketones (excluding diaryl/α,β-unsaturated/α-hetero) is 1. The van der Waals surface area contributed by atoms with Gasteiger partial charge in [0.15, 0.2) is 5.78 Å². The van der Waals surface area contributed by atoms with E-state index in [-0.39, 0.29) is 28.3 Å². The summed E-state index contributed by atoms with van der Waals surface area (Å²) in [5.41, 5.74) is 13.4. The van der Waals surface area contributed by atoms with Gasteiger partial charge in [0.05, 0.1) is 6.04 Å². The Morgan fingerprint density at radius 2 is 1.70 bits per heavy atom. The highest BCUT2D eigenvalue weighted by molar-refractivity contribution is 5.90. The number of ketones is 1. The smallest absolute Gasteiger partial charge is 0.156 e. The third-order valence-electron chi connectivity index (χ3n) is 4.98. The van der Waals surface area contributed by atoms with Crippen molar-refractivity contribution < 1.29 is 9.90 Å². The first-order chi connectivity index (χ1) is 12.4. The van der Waals surface area contributed by atoms with E-state index in [4.69, 9.17) is 11.5 Å². The number of hydrogen-bond acceptors (Lipinski definition) is 4. The summed E-state index contributed by atoms with van der Waals surface area (Å²) in [6, 6.07) is 5.12. The van der Waals surface area contributed by atoms with E-state index in [1.54, 1.807) is 6.07 Å². The third-order valence-corrected chi connectivity index (χ3v) is 4.98. The van der Waals surface area contributed by atoms with Crippen LogP contribution in [0.25, 0.3) is 0 Å². The molecule has 0 aliphatic carbocycles. The minimum absolute atomic E-state index is 0.000617. The Kier molecular flexibility index (Phi) is 8.49. The lowest BCUT2D eigenvalue weighted by atomic mass is 9.76. The predicted octanol–water partition coefficient (Wildman–Crippen LogP) is 4.63. The molecule has 2 unspecified atom stereocenters. The molecule has 154 valence electrons. The summed E-state index contributed by atoms with van der Waals surface area (Å²) < 4.78 is 0. The number of aromatic hydroxyl groups is 1. The molecule has 0 aliphatic heterocycles. The van der Waals surface area contributed by atoms with Gasteiger partial charge < -0.3 is 16.6 Å². The van der Waals surface area contributed by atoms with Crippen LogP contribution in [0.1, 0.15) is 90.7 Å². The molecule has 0 saturated carbocycles. The van der Waals surface area contributed by atoms with E-state index in [1.807, 2.05) is 12.1 Å². The van der Waals surface area contributed by atoms with E-state index in [2.05, 4.69) is 41.5 Å². The Balaban J connectivity index is 3.13. The molecular formula is C23H40N2O2. The number of rotatable bonds is 9. The summed E-state index contributed by atoms with van der Waals surface area (Å²) in [7, 11) is 0. The fourth-order valence-electron chi connectivity index (χ4n) is 3.45. The normalized spacial score (nSPS) is 14.8. The van der Waals surface area contributed by atoms with Crippen LogP contribution in [0.15, 0.2) is 18.2 Å². The molecule has 4 nitrogen and oxygen atoms in total. The van der Waals surface area contributed by atoms with Gasteiger partial charge in [0.1, 0.15) is 5.75 Å². The zero-order valence-corrected chi connectivity index (χ0v) is 18.1. The standard InChI is InChI=1S/C23H40N2O2/c1-22(2,3)15-17(21(27)19(25)10-8-7-9-13-24)16-11-12-20(26)18(14-16)23(4,5)6/h11-12,14,17,19,26H,7-10,13,15,24-25H2,1-6H3. The highest BCUT2D eigenvalue weighted by Crippen LogP contribution is 2.37. The summed E-state index contributed by atoms with van der Waals surface area (Å²) in [5, 5.41) is 10.3. The van der Waals surface area contributed by atoms with Crippen molar-refractivity contribution in [2.45, 2.75) is 91.0 Å². The lowest BCUT2D eigenvalue weighted by Crippen LogP contribution is -2.36. The number of nitrogens with two attached hydrogens (primary N) is 2. The molecule has 27 heavy (non-hydrogen) atoms. The van der Waals surface area contributed by atoms with Gasteiger partial charge in [-0.1, -0.05) is 66.5 Å². The monoisotopic (exact) mass is 376 g/mol. The number of unbranched alkanes of at least 4 members (excludes halogenated alkanes) is 2. The van der Waals surface area contributed by atoms with Gasteiger partial charge in [-0.2, -0.15) is 0 Å². The molecule has 1 aromatic carbocycles. The molecule has 0 aromatic heterocycles. The second kappa shape index (κ2) is 9.70. The van der Waals surface area contributed by atoms with E-state index >= 15 is 0 Å². The molecule has 0 heterocycles. The molecule has 0 bridgehead atoms. The quantitative estimate of drug-likeness (QED) is 0.548. The first-order valence-corrected chi connectivity index (χ1v) is 10.2. The Labute approximate surface area is 165 Å². The molecule has 1 rings (SSSR count). The van der Waals surface area contributed by atoms with Crippen molar-refractivity contribution in [3.05, 3.63) is 29.3 Å². The highest BCUT2D eigenvalue weighted by Gasteiger charge is 2.31. The van der Waals surface area contributed by atoms with Crippen LogP contribution in [0.2, 0.25) is 0 Å². The van der Waals surface area contributed by atoms with E-state index in [1.165, 1.54) is 0 Å². The van der Waals surface area contributed by atoms with Gasteiger partial charge in [-0.05, 0) is 53.8 Å². The predicted molar refractivity (Wildman–Crippen MR) is 114 cm³/mol. The summed E-state index contributed by atoms with van der Waals surface area (Å²) >= 11 is 0. The minimum Gasteiger partial charge on any atom is -0.508 e. The van der Waals surface area contributed by atoms with Gasteiger partial charge in [-0.25, -0.2) is 0 Å². The second-order valence-electron chi connectivity index (χ2n) is 9.99. The molecule has 4 heteroatoms. The number of benzene rings is 1. The average molecular weight is 377 g/mol. The second-order valence-corrected chi connectivity index (χ2v) is 9.99. The van der Waals surface area contributed by atoms with Crippen molar-refractivity contribution in [2.24, 2.45) is 16.9 Å². The van der Waals surface area contributed by atoms with Crippen molar-refractivity contribution in [1.82, 2.24) is 0 Å². The molecule has 0 radical (unpaired) electrons. The molecule has 0 spiro atoms. The van der Waals surface area contributed by atoms with Crippen molar-refractivity contribution in [3.63, 3.8) is 0 Å². The van der Waals surface area contributed by atoms with Crippen molar-refractivity contribution in [1.29, 1.82) is 0 Å². The summed E-state index contributed by atoms with van der Waals surface area (Å²) in [6.07, 6.45) is 4.34. The molecule has 0 saturated heterocycles. The SMILES string of the molecule is CC(C)(C)CC(C(=O)C(N)CCCCCN)c1ccc(O)c(C(C)(C)C)c1. The zero-order valence-electron chi connectivity index (χ0n) is 18.1. The molecule has 1 aromatic rings. The van der Waals surface area contributed by atoms with Crippen LogP contribution in [0.3, 0.4) is 0 Å². The van der Waals surface area contributed by atoms with Gasteiger partial charge >= 0.3 is 0 Å². The van der Waals surface area contributed by atoms with Gasteiger partial charge in [0.2, 0.25) is 0 Å². The number of phenols is 1. The summed E-state index contributed by atoms with van der Waals surface area (Å²) in [4.78, 5) is 13.2. The number of phenolic OH excluding ortho intramolecular Hbond substituents is 1. The van der Waals surface area contributed by atoms with Crippen molar-refractivity contribution in [3.8, 4) is 5.75 Å². The largest absolute Gasteiger partial charge is 0.508 e. The van der Waals surface area contributed by atoms with Crippen LogP contribution in [-0.4, -0.2) is 23.5 Å². The van der Waals surface area contributed by atoms with Gasteiger partial charge in [0, 0.05) is 5.92 Å². The Morgan fingerprint density at radius 3 is 2.22 bits per heavy atom. The Bertz CT molecular complexity index is 612. The zero-order chi connectivity index (χ0) is 20.8. The van der Waals surface area contributed by atoms with Gasteiger partial charge in [0.25, 0.3) is 0 Å². The van der Waals surface area contributed by atoms with Crippen molar-refractivity contribution >= 4 is 5.78 Å². The number of hydrogen-bond donors (Lipinski definition) is 3. The maximum atomic E-state index is 13.2. The Hall–Kier alpha value is -1.39. The molecular weight excluding hydrogens is 336 g/mol.